The number of cyclic esters (lactones) is 1. The number of esters is 1. The van der Waals surface area contributed by atoms with Crippen molar-refractivity contribution in [2.45, 2.75) is 64.5 Å². The first kappa shape index (κ1) is 22.9. The van der Waals surface area contributed by atoms with E-state index in [0.717, 1.165) is 24.1 Å². The van der Waals surface area contributed by atoms with Crippen LogP contribution in [0.3, 0.4) is 0 Å². The standard InChI is InChI=1S/C26H33NO4/c1-4-5-17-27(21-9-7-6-8-10-21)24-23(29)18-26(19(2)3,31-25(24)30)16-15-20-11-13-22(28)14-12-20/h6-14,19,24,28H,4-5,15-18H2,1-3H3. The van der Waals surface area contributed by atoms with Crippen molar-refractivity contribution in [2.75, 3.05) is 11.4 Å². The number of carbonyl (C=O) groups excluding carboxylic acids is 2. The molecule has 0 aliphatic carbocycles. The second-order valence-corrected chi connectivity index (χ2v) is 8.74. The van der Waals surface area contributed by atoms with E-state index >= 15 is 0 Å². The minimum Gasteiger partial charge on any atom is -0.508 e. The van der Waals surface area contributed by atoms with E-state index in [-0.39, 0.29) is 23.9 Å². The Hall–Kier alpha value is -2.82. The second-order valence-electron chi connectivity index (χ2n) is 8.74. The molecule has 2 atom stereocenters. The van der Waals surface area contributed by atoms with Gasteiger partial charge in [0.2, 0.25) is 0 Å². The summed E-state index contributed by atoms with van der Waals surface area (Å²) in [5.74, 6) is -0.289. The molecular formula is C26H33NO4. The zero-order valence-corrected chi connectivity index (χ0v) is 18.7. The van der Waals surface area contributed by atoms with Crippen LogP contribution >= 0.6 is 0 Å². The molecular weight excluding hydrogens is 390 g/mol. The Kier molecular flexibility index (Phi) is 7.37. The average Bonchev–Trinajstić information content (AvgIpc) is 2.75. The Bertz CT molecular complexity index is 858. The van der Waals surface area contributed by atoms with Gasteiger partial charge in [-0.25, -0.2) is 4.79 Å². The largest absolute Gasteiger partial charge is 0.508 e. The van der Waals surface area contributed by atoms with Crippen molar-refractivity contribution in [1.82, 2.24) is 0 Å². The molecule has 0 radical (unpaired) electrons. The third-order valence-electron chi connectivity index (χ3n) is 6.28. The molecule has 0 bridgehead atoms. The van der Waals surface area contributed by atoms with Crippen LogP contribution in [0.4, 0.5) is 5.69 Å². The van der Waals surface area contributed by atoms with Gasteiger partial charge in [-0.05, 0) is 55.0 Å². The highest BCUT2D eigenvalue weighted by molar-refractivity contribution is 6.08. The Morgan fingerprint density at radius 3 is 2.35 bits per heavy atom. The maximum absolute atomic E-state index is 13.4. The Morgan fingerprint density at radius 2 is 1.77 bits per heavy atom. The molecule has 2 unspecified atom stereocenters. The molecule has 0 amide bonds. The minimum absolute atomic E-state index is 0.0132. The van der Waals surface area contributed by atoms with E-state index in [1.54, 1.807) is 12.1 Å². The molecule has 1 saturated heterocycles. The van der Waals surface area contributed by atoms with Gasteiger partial charge in [0.25, 0.3) is 0 Å². The van der Waals surface area contributed by atoms with Crippen molar-refractivity contribution in [1.29, 1.82) is 0 Å². The molecule has 2 aromatic carbocycles. The lowest BCUT2D eigenvalue weighted by Gasteiger charge is -2.44. The first-order chi connectivity index (χ1) is 14.9. The summed E-state index contributed by atoms with van der Waals surface area (Å²) in [5, 5.41) is 9.50. The molecule has 1 N–H and O–H groups in total. The van der Waals surface area contributed by atoms with Crippen LogP contribution in [0.5, 0.6) is 5.75 Å². The maximum atomic E-state index is 13.4. The lowest BCUT2D eigenvalue weighted by molar-refractivity contribution is -0.179. The number of anilines is 1. The van der Waals surface area contributed by atoms with Gasteiger partial charge in [-0.2, -0.15) is 0 Å². The molecule has 0 aromatic heterocycles. The van der Waals surface area contributed by atoms with Crippen molar-refractivity contribution < 1.29 is 19.4 Å². The van der Waals surface area contributed by atoms with E-state index in [2.05, 4.69) is 6.92 Å². The highest BCUT2D eigenvalue weighted by atomic mass is 16.6. The van der Waals surface area contributed by atoms with Crippen LogP contribution in [0.15, 0.2) is 54.6 Å². The zero-order valence-electron chi connectivity index (χ0n) is 18.7. The molecule has 3 rings (SSSR count). The van der Waals surface area contributed by atoms with Crippen LogP contribution in [-0.2, 0) is 20.7 Å². The molecule has 1 fully saturated rings. The molecule has 5 nitrogen and oxygen atoms in total. The van der Waals surface area contributed by atoms with Gasteiger partial charge in [-0.1, -0.05) is 57.5 Å². The first-order valence-corrected chi connectivity index (χ1v) is 11.2. The molecule has 31 heavy (non-hydrogen) atoms. The van der Waals surface area contributed by atoms with E-state index in [9.17, 15) is 14.7 Å². The van der Waals surface area contributed by atoms with Crippen LogP contribution in [-0.4, -0.2) is 35.0 Å². The smallest absolute Gasteiger partial charge is 0.337 e. The molecule has 1 aliphatic rings. The summed E-state index contributed by atoms with van der Waals surface area (Å²) < 4.78 is 6.10. The number of para-hydroxylation sites is 1. The topological polar surface area (TPSA) is 66.8 Å². The summed E-state index contributed by atoms with van der Waals surface area (Å²) >= 11 is 0. The number of ether oxygens (including phenoxy) is 1. The van der Waals surface area contributed by atoms with Crippen molar-refractivity contribution in [3.8, 4) is 5.75 Å². The van der Waals surface area contributed by atoms with Gasteiger partial charge in [0.05, 0.1) is 0 Å². The van der Waals surface area contributed by atoms with Gasteiger partial charge in [0.15, 0.2) is 11.8 Å². The number of phenols is 1. The van der Waals surface area contributed by atoms with E-state index in [4.69, 9.17) is 4.74 Å². The maximum Gasteiger partial charge on any atom is 0.337 e. The predicted molar refractivity (Wildman–Crippen MR) is 122 cm³/mol. The predicted octanol–water partition coefficient (Wildman–Crippen LogP) is 4.91. The van der Waals surface area contributed by atoms with Crippen LogP contribution in [0.1, 0.15) is 52.0 Å². The van der Waals surface area contributed by atoms with Crippen molar-refractivity contribution >= 4 is 17.4 Å². The molecule has 0 saturated carbocycles. The van der Waals surface area contributed by atoms with Crippen LogP contribution in [0, 0.1) is 5.92 Å². The van der Waals surface area contributed by atoms with E-state index < -0.39 is 17.6 Å². The Balaban J connectivity index is 1.81. The lowest BCUT2D eigenvalue weighted by atomic mass is 9.77. The molecule has 166 valence electrons. The van der Waals surface area contributed by atoms with Gasteiger partial charge in [-0.15, -0.1) is 0 Å². The zero-order chi connectivity index (χ0) is 22.4. The highest BCUT2D eigenvalue weighted by Gasteiger charge is 2.50. The van der Waals surface area contributed by atoms with Crippen LogP contribution in [0.2, 0.25) is 0 Å². The minimum atomic E-state index is -0.894. The van der Waals surface area contributed by atoms with Gasteiger partial charge >= 0.3 is 5.97 Å². The fourth-order valence-electron chi connectivity index (χ4n) is 4.24. The number of aromatic hydroxyl groups is 1. The monoisotopic (exact) mass is 423 g/mol. The van der Waals surface area contributed by atoms with Crippen LogP contribution in [0.25, 0.3) is 0 Å². The molecule has 5 heteroatoms. The number of carbonyl (C=O) groups is 2. The number of phenolic OH excluding ortho intramolecular Hbond substituents is 1. The molecule has 2 aromatic rings. The number of unbranched alkanes of at least 4 members (excludes halogenated alkanes) is 1. The molecule has 0 spiro atoms. The summed E-state index contributed by atoms with van der Waals surface area (Å²) in [5.41, 5.74) is 1.10. The van der Waals surface area contributed by atoms with Crippen molar-refractivity contribution in [3.63, 3.8) is 0 Å². The number of benzene rings is 2. The van der Waals surface area contributed by atoms with Gasteiger partial charge < -0.3 is 14.7 Å². The van der Waals surface area contributed by atoms with E-state index in [1.807, 2.05) is 61.2 Å². The third kappa shape index (κ3) is 5.27. The highest BCUT2D eigenvalue weighted by Crippen LogP contribution is 2.37. The summed E-state index contributed by atoms with van der Waals surface area (Å²) in [6.07, 6.45) is 3.32. The number of rotatable bonds is 9. The molecule has 1 heterocycles. The number of hydrogen-bond donors (Lipinski definition) is 1. The fourth-order valence-corrected chi connectivity index (χ4v) is 4.24. The number of aryl methyl sites for hydroxylation is 1. The third-order valence-corrected chi connectivity index (χ3v) is 6.28. The lowest BCUT2D eigenvalue weighted by Crippen LogP contribution is -2.59. The Morgan fingerprint density at radius 1 is 1.10 bits per heavy atom. The number of Topliss-reactive ketones (excluding diaryl/α,β-unsaturated/α-hetero) is 1. The number of ketones is 1. The summed E-state index contributed by atoms with van der Waals surface area (Å²) in [6, 6.07) is 15.8. The van der Waals surface area contributed by atoms with E-state index in [1.165, 1.54) is 0 Å². The van der Waals surface area contributed by atoms with Gasteiger partial charge in [-0.3, -0.25) is 4.79 Å². The number of hydrogen-bond acceptors (Lipinski definition) is 5. The van der Waals surface area contributed by atoms with Crippen molar-refractivity contribution in [2.24, 2.45) is 5.92 Å². The van der Waals surface area contributed by atoms with Gasteiger partial charge in [0, 0.05) is 18.7 Å². The first-order valence-electron chi connectivity index (χ1n) is 11.2. The average molecular weight is 424 g/mol. The second kappa shape index (κ2) is 9.99. The SMILES string of the molecule is CCCCN(c1ccccc1)C1C(=O)CC(CCc2ccc(O)cc2)(C(C)C)OC1=O. The van der Waals surface area contributed by atoms with Crippen LogP contribution < -0.4 is 4.90 Å². The van der Waals surface area contributed by atoms with Gasteiger partial charge in [0.1, 0.15) is 11.4 Å². The molecule has 1 aliphatic heterocycles. The quantitative estimate of drug-likeness (QED) is 0.458. The normalized spacial score (nSPS) is 21.2. The van der Waals surface area contributed by atoms with E-state index in [0.29, 0.717) is 19.4 Å². The van der Waals surface area contributed by atoms with Crippen molar-refractivity contribution in [3.05, 3.63) is 60.2 Å². The summed E-state index contributed by atoms with van der Waals surface area (Å²) in [6.45, 7) is 6.74. The number of nitrogens with zero attached hydrogens (tertiary/aromatic N) is 1. The summed E-state index contributed by atoms with van der Waals surface area (Å²) in [4.78, 5) is 28.5. The fraction of sp³-hybridized carbons (Fsp3) is 0.462. The Labute approximate surface area is 185 Å². The summed E-state index contributed by atoms with van der Waals surface area (Å²) in [7, 11) is 0.